The number of rotatable bonds is 3. The third-order valence-corrected chi connectivity index (χ3v) is 3.67. The topological polar surface area (TPSA) is 29.5 Å². The van der Waals surface area contributed by atoms with Crippen molar-refractivity contribution in [2.24, 2.45) is 0 Å². The van der Waals surface area contributed by atoms with Crippen LogP contribution in [0.4, 0.5) is 4.39 Å². The van der Waals surface area contributed by atoms with Crippen LogP contribution < -0.4 is 4.74 Å². The molecule has 1 aromatic carbocycles. The van der Waals surface area contributed by atoms with E-state index in [-0.39, 0.29) is 5.75 Å². The molecule has 1 atom stereocenters. The highest BCUT2D eigenvalue weighted by Crippen LogP contribution is 2.31. The standard InChI is InChI=1S/C16H21FO2/c1-19-15-11-13(9-10-14(15)17)16(18)12-7-5-3-2-4-6-8-12/h7,9-11,16,18H,2-6,8H2,1H3/b12-7+. The fraction of sp³-hybridized carbons (Fsp3) is 0.500. The van der Waals surface area contributed by atoms with Gasteiger partial charge in [-0.05, 0) is 49.0 Å². The summed E-state index contributed by atoms with van der Waals surface area (Å²) < 4.78 is 18.3. The summed E-state index contributed by atoms with van der Waals surface area (Å²) >= 11 is 0. The number of methoxy groups -OCH3 is 1. The number of ether oxygens (including phenoxy) is 1. The maximum absolute atomic E-state index is 13.4. The van der Waals surface area contributed by atoms with E-state index in [1.165, 1.54) is 32.4 Å². The Hall–Kier alpha value is -1.35. The average Bonchev–Trinajstić information content (AvgIpc) is 2.38. The molecule has 3 heteroatoms. The van der Waals surface area contributed by atoms with E-state index in [1.807, 2.05) is 0 Å². The summed E-state index contributed by atoms with van der Waals surface area (Å²) in [6, 6.07) is 4.56. The van der Waals surface area contributed by atoms with Crippen molar-refractivity contribution in [2.75, 3.05) is 7.11 Å². The van der Waals surface area contributed by atoms with Crippen molar-refractivity contribution >= 4 is 0 Å². The minimum absolute atomic E-state index is 0.183. The Bertz CT molecular complexity index is 454. The van der Waals surface area contributed by atoms with Crippen LogP contribution in [0.2, 0.25) is 0 Å². The van der Waals surface area contributed by atoms with Crippen molar-refractivity contribution in [2.45, 2.75) is 44.6 Å². The van der Waals surface area contributed by atoms with Gasteiger partial charge in [0.2, 0.25) is 0 Å². The quantitative estimate of drug-likeness (QED) is 0.831. The van der Waals surface area contributed by atoms with Gasteiger partial charge in [0.15, 0.2) is 11.6 Å². The van der Waals surface area contributed by atoms with E-state index in [4.69, 9.17) is 4.74 Å². The van der Waals surface area contributed by atoms with Gasteiger partial charge in [0, 0.05) is 0 Å². The van der Waals surface area contributed by atoms with Gasteiger partial charge in [-0.25, -0.2) is 4.39 Å². The maximum Gasteiger partial charge on any atom is 0.165 e. The monoisotopic (exact) mass is 264 g/mol. The lowest BCUT2D eigenvalue weighted by molar-refractivity contribution is 0.208. The highest BCUT2D eigenvalue weighted by molar-refractivity contribution is 5.35. The summed E-state index contributed by atoms with van der Waals surface area (Å²) in [7, 11) is 1.43. The van der Waals surface area contributed by atoms with E-state index in [0.29, 0.717) is 5.56 Å². The molecular weight excluding hydrogens is 243 g/mol. The second kappa shape index (κ2) is 6.71. The fourth-order valence-corrected chi connectivity index (χ4v) is 2.53. The van der Waals surface area contributed by atoms with E-state index in [1.54, 1.807) is 12.1 Å². The number of benzene rings is 1. The zero-order chi connectivity index (χ0) is 13.7. The summed E-state index contributed by atoms with van der Waals surface area (Å²) in [6.45, 7) is 0. The smallest absolute Gasteiger partial charge is 0.165 e. The van der Waals surface area contributed by atoms with Crippen molar-refractivity contribution in [3.63, 3.8) is 0 Å². The summed E-state index contributed by atoms with van der Waals surface area (Å²) in [5.74, 6) is -0.215. The molecule has 1 unspecified atom stereocenters. The summed E-state index contributed by atoms with van der Waals surface area (Å²) in [5, 5.41) is 10.4. The number of halogens is 1. The molecule has 0 saturated heterocycles. The molecule has 0 radical (unpaired) electrons. The normalized spacial score (nSPS) is 20.9. The van der Waals surface area contributed by atoms with Gasteiger partial charge in [-0.3, -0.25) is 0 Å². The first-order valence-electron chi connectivity index (χ1n) is 6.93. The third-order valence-electron chi connectivity index (χ3n) is 3.67. The number of hydrogen-bond donors (Lipinski definition) is 1. The Morgan fingerprint density at radius 2 is 2.00 bits per heavy atom. The van der Waals surface area contributed by atoms with Crippen LogP contribution in [0.15, 0.2) is 29.8 Å². The van der Waals surface area contributed by atoms with Gasteiger partial charge < -0.3 is 9.84 Å². The Morgan fingerprint density at radius 1 is 1.21 bits per heavy atom. The first-order valence-corrected chi connectivity index (χ1v) is 6.93. The van der Waals surface area contributed by atoms with Crippen molar-refractivity contribution in [3.8, 4) is 5.75 Å². The number of allylic oxidation sites excluding steroid dienone is 1. The minimum atomic E-state index is -0.646. The Morgan fingerprint density at radius 3 is 2.79 bits per heavy atom. The van der Waals surface area contributed by atoms with Gasteiger partial charge in [-0.2, -0.15) is 0 Å². The molecule has 1 N–H and O–H groups in total. The first-order chi connectivity index (χ1) is 9.22. The van der Waals surface area contributed by atoms with E-state index >= 15 is 0 Å². The van der Waals surface area contributed by atoms with Gasteiger partial charge in [0.1, 0.15) is 6.10 Å². The lowest BCUT2D eigenvalue weighted by Gasteiger charge is -2.18. The van der Waals surface area contributed by atoms with E-state index in [0.717, 1.165) is 24.8 Å². The van der Waals surface area contributed by atoms with E-state index < -0.39 is 11.9 Å². The summed E-state index contributed by atoms with van der Waals surface area (Å²) in [5.41, 5.74) is 1.75. The van der Waals surface area contributed by atoms with Crippen LogP contribution in [0, 0.1) is 5.82 Å². The van der Waals surface area contributed by atoms with E-state index in [2.05, 4.69) is 6.08 Å². The molecule has 0 heterocycles. The van der Waals surface area contributed by atoms with Crippen LogP contribution in [-0.4, -0.2) is 12.2 Å². The highest BCUT2D eigenvalue weighted by atomic mass is 19.1. The second-order valence-corrected chi connectivity index (χ2v) is 5.03. The SMILES string of the molecule is COc1cc(C(O)/C2=C/CCCCCC2)ccc1F. The van der Waals surface area contributed by atoms with Crippen LogP contribution in [0.25, 0.3) is 0 Å². The molecule has 0 bridgehead atoms. The van der Waals surface area contributed by atoms with Crippen molar-refractivity contribution < 1.29 is 14.2 Å². The lowest BCUT2D eigenvalue weighted by atomic mass is 9.93. The van der Waals surface area contributed by atoms with E-state index in [9.17, 15) is 9.50 Å². The zero-order valence-electron chi connectivity index (χ0n) is 11.4. The Kier molecular flexibility index (Phi) is 4.97. The van der Waals surface area contributed by atoms with Crippen LogP contribution in [-0.2, 0) is 0 Å². The fourth-order valence-electron chi connectivity index (χ4n) is 2.53. The molecule has 0 aliphatic heterocycles. The van der Waals surface area contributed by atoms with Crippen molar-refractivity contribution in [1.82, 2.24) is 0 Å². The molecule has 0 amide bonds. The van der Waals surface area contributed by atoms with Gasteiger partial charge in [0.25, 0.3) is 0 Å². The lowest BCUT2D eigenvalue weighted by Crippen LogP contribution is -2.04. The van der Waals surface area contributed by atoms with Crippen molar-refractivity contribution in [3.05, 3.63) is 41.2 Å². The molecule has 2 rings (SSSR count). The van der Waals surface area contributed by atoms with Gasteiger partial charge in [0.05, 0.1) is 7.11 Å². The summed E-state index contributed by atoms with van der Waals surface area (Å²) in [4.78, 5) is 0. The number of hydrogen-bond acceptors (Lipinski definition) is 2. The van der Waals surface area contributed by atoms with Gasteiger partial charge in [-0.1, -0.05) is 25.0 Å². The third kappa shape index (κ3) is 3.57. The van der Waals surface area contributed by atoms with Crippen LogP contribution in [0.3, 0.4) is 0 Å². The number of aliphatic hydroxyl groups excluding tert-OH is 1. The molecule has 0 fully saturated rings. The molecule has 1 aliphatic rings. The molecule has 19 heavy (non-hydrogen) atoms. The zero-order valence-corrected chi connectivity index (χ0v) is 11.4. The van der Waals surface area contributed by atoms with Crippen LogP contribution >= 0.6 is 0 Å². The van der Waals surface area contributed by atoms with Crippen molar-refractivity contribution in [1.29, 1.82) is 0 Å². The number of aliphatic hydroxyl groups is 1. The van der Waals surface area contributed by atoms with Crippen LogP contribution in [0.5, 0.6) is 5.75 Å². The highest BCUT2D eigenvalue weighted by Gasteiger charge is 2.16. The molecule has 1 aromatic rings. The van der Waals surface area contributed by atoms with Gasteiger partial charge >= 0.3 is 0 Å². The summed E-state index contributed by atoms with van der Waals surface area (Å²) in [6.07, 6.45) is 8.21. The predicted molar refractivity (Wildman–Crippen MR) is 73.7 cm³/mol. The molecule has 0 aromatic heterocycles. The molecule has 1 aliphatic carbocycles. The molecule has 0 spiro atoms. The Labute approximate surface area is 113 Å². The first kappa shape index (κ1) is 14.1. The van der Waals surface area contributed by atoms with Gasteiger partial charge in [-0.15, -0.1) is 0 Å². The average molecular weight is 264 g/mol. The Balaban J connectivity index is 2.19. The molecule has 104 valence electrons. The predicted octanol–water partition coefficient (Wildman–Crippen LogP) is 4.15. The van der Waals surface area contributed by atoms with Crippen LogP contribution in [0.1, 0.15) is 50.2 Å². The molecule has 2 nitrogen and oxygen atoms in total. The largest absolute Gasteiger partial charge is 0.494 e. The molecule has 0 saturated carbocycles. The maximum atomic E-state index is 13.4. The minimum Gasteiger partial charge on any atom is -0.494 e. The second-order valence-electron chi connectivity index (χ2n) is 5.03. The molecular formula is C16H21FO2.